The Morgan fingerprint density at radius 2 is 1.87 bits per heavy atom. The van der Waals surface area contributed by atoms with Gasteiger partial charge in [-0.15, -0.1) is 0 Å². The minimum absolute atomic E-state index is 0.122. The number of para-hydroxylation sites is 1. The van der Waals surface area contributed by atoms with Crippen LogP contribution in [0.4, 0.5) is 5.69 Å². The van der Waals surface area contributed by atoms with Crippen LogP contribution in [0.3, 0.4) is 0 Å². The molecule has 2 aromatic carbocycles. The summed E-state index contributed by atoms with van der Waals surface area (Å²) in [6, 6.07) is 15.4. The molecule has 0 radical (unpaired) electrons. The molecule has 0 bridgehead atoms. The summed E-state index contributed by atoms with van der Waals surface area (Å²) in [5.74, 6) is 0.676. The molecule has 2 aliphatic rings. The molecular weight excluding hydrogens is 394 g/mol. The lowest BCUT2D eigenvalue weighted by Gasteiger charge is -2.26. The van der Waals surface area contributed by atoms with Crippen molar-refractivity contribution in [3.05, 3.63) is 59.7 Å². The molecule has 0 spiro atoms. The molecule has 0 aliphatic carbocycles. The van der Waals surface area contributed by atoms with Crippen molar-refractivity contribution in [1.29, 1.82) is 0 Å². The standard InChI is InChI=1S/C24H29N3O2S/c28-24(26-21-7-3-2-6-20(21)22-12-13-23(30)25-22)18-8-10-19(11-9-18)29-17-16-27-14-4-1-5-15-27/h2-3,6-11,22H,1,4-5,12-17H2,(H,25,30)(H,26,28). The van der Waals surface area contributed by atoms with E-state index in [4.69, 9.17) is 17.0 Å². The third-order valence-corrected chi connectivity index (χ3v) is 6.14. The summed E-state index contributed by atoms with van der Waals surface area (Å²) in [6.07, 6.45) is 5.76. The van der Waals surface area contributed by atoms with Gasteiger partial charge in [0.1, 0.15) is 12.4 Å². The topological polar surface area (TPSA) is 53.6 Å². The van der Waals surface area contributed by atoms with Crippen LogP contribution in [0.25, 0.3) is 0 Å². The minimum Gasteiger partial charge on any atom is -0.492 e. The van der Waals surface area contributed by atoms with E-state index in [-0.39, 0.29) is 11.9 Å². The van der Waals surface area contributed by atoms with Crippen molar-refractivity contribution in [2.24, 2.45) is 0 Å². The van der Waals surface area contributed by atoms with Gasteiger partial charge >= 0.3 is 0 Å². The lowest BCUT2D eigenvalue weighted by Crippen LogP contribution is -2.33. The normalized spacial score (nSPS) is 19.3. The summed E-state index contributed by atoms with van der Waals surface area (Å²) in [7, 11) is 0. The fourth-order valence-electron chi connectivity index (χ4n) is 4.13. The third-order valence-electron chi connectivity index (χ3n) is 5.82. The van der Waals surface area contributed by atoms with Crippen LogP contribution >= 0.6 is 12.2 Å². The first-order valence-corrected chi connectivity index (χ1v) is 11.2. The van der Waals surface area contributed by atoms with Gasteiger partial charge in [0.2, 0.25) is 0 Å². The molecule has 2 saturated heterocycles. The van der Waals surface area contributed by atoms with Crippen LogP contribution in [0.1, 0.15) is 54.1 Å². The first kappa shape index (κ1) is 20.8. The summed E-state index contributed by atoms with van der Waals surface area (Å²) in [6.45, 7) is 3.98. The van der Waals surface area contributed by atoms with Gasteiger partial charge in [-0.2, -0.15) is 0 Å². The quantitative estimate of drug-likeness (QED) is 0.640. The molecule has 2 heterocycles. The van der Waals surface area contributed by atoms with Gasteiger partial charge in [0, 0.05) is 17.8 Å². The number of piperidine rings is 1. The Bertz CT molecular complexity index is 878. The molecule has 2 fully saturated rings. The molecular formula is C24H29N3O2S. The maximum atomic E-state index is 12.8. The number of hydrogen-bond acceptors (Lipinski definition) is 4. The predicted octanol–water partition coefficient (Wildman–Crippen LogP) is 4.56. The van der Waals surface area contributed by atoms with Crippen LogP contribution < -0.4 is 15.4 Å². The first-order valence-electron chi connectivity index (χ1n) is 10.8. The lowest BCUT2D eigenvalue weighted by atomic mass is 10.0. The van der Waals surface area contributed by atoms with E-state index in [9.17, 15) is 4.79 Å². The van der Waals surface area contributed by atoms with Crippen LogP contribution in [0.15, 0.2) is 48.5 Å². The Kier molecular flexibility index (Phi) is 6.97. The Morgan fingerprint density at radius 3 is 2.60 bits per heavy atom. The van der Waals surface area contributed by atoms with E-state index < -0.39 is 0 Å². The van der Waals surface area contributed by atoms with E-state index in [1.807, 2.05) is 48.5 Å². The minimum atomic E-state index is -0.122. The van der Waals surface area contributed by atoms with Gasteiger partial charge in [-0.3, -0.25) is 9.69 Å². The second-order valence-corrected chi connectivity index (χ2v) is 8.47. The number of rotatable bonds is 7. The highest BCUT2D eigenvalue weighted by atomic mass is 32.1. The molecule has 30 heavy (non-hydrogen) atoms. The molecule has 1 atom stereocenters. The molecule has 4 rings (SSSR count). The Labute approximate surface area is 183 Å². The SMILES string of the molecule is O=C(Nc1ccccc1C1CCC(=S)N1)c1ccc(OCCN2CCCCC2)cc1. The molecule has 2 N–H and O–H groups in total. The van der Waals surface area contributed by atoms with Crippen molar-refractivity contribution in [3.8, 4) is 5.75 Å². The van der Waals surface area contributed by atoms with Crippen LogP contribution in [-0.2, 0) is 0 Å². The lowest BCUT2D eigenvalue weighted by molar-refractivity contribution is 0.102. The van der Waals surface area contributed by atoms with Crippen molar-refractivity contribution in [2.75, 3.05) is 31.6 Å². The van der Waals surface area contributed by atoms with Crippen molar-refractivity contribution in [1.82, 2.24) is 10.2 Å². The van der Waals surface area contributed by atoms with E-state index in [0.717, 1.165) is 41.4 Å². The van der Waals surface area contributed by atoms with Gasteiger partial charge in [-0.1, -0.05) is 36.8 Å². The molecule has 2 aliphatic heterocycles. The summed E-state index contributed by atoms with van der Waals surface area (Å²) < 4.78 is 5.86. The monoisotopic (exact) mass is 423 g/mol. The maximum absolute atomic E-state index is 12.8. The Hall–Kier alpha value is -2.44. The number of ether oxygens (including phenoxy) is 1. The number of anilines is 1. The van der Waals surface area contributed by atoms with Crippen LogP contribution in [0, 0.1) is 0 Å². The van der Waals surface area contributed by atoms with Gasteiger partial charge in [0.25, 0.3) is 5.91 Å². The van der Waals surface area contributed by atoms with Crippen molar-refractivity contribution < 1.29 is 9.53 Å². The van der Waals surface area contributed by atoms with Gasteiger partial charge in [-0.05, 0) is 74.7 Å². The second-order valence-electron chi connectivity index (χ2n) is 7.98. The van der Waals surface area contributed by atoms with E-state index in [0.29, 0.717) is 12.2 Å². The molecule has 5 nitrogen and oxygen atoms in total. The number of benzene rings is 2. The van der Waals surface area contributed by atoms with Gasteiger partial charge in [-0.25, -0.2) is 0 Å². The van der Waals surface area contributed by atoms with Crippen LogP contribution in [0.2, 0.25) is 0 Å². The van der Waals surface area contributed by atoms with E-state index in [1.165, 1.54) is 32.4 Å². The number of hydrogen-bond donors (Lipinski definition) is 2. The van der Waals surface area contributed by atoms with Gasteiger partial charge in [0.15, 0.2) is 0 Å². The fraction of sp³-hybridized carbons (Fsp3) is 0.417. The van der Waals surface area contributed by atoms with Crippen LogP contribution in [0.5, 0.6) is 5.75 Å². The summed E-state index contributed by atoms with van der Waals surface area (Å²) in [5, 5.41) is 6.39. The summed E-state index contributed by atoms with van der Waals surface area (Å²) in [4.78, 5) is 16.1. The molecule has 0 saturated carbocycles. The molecule has 2 aromatic rings. The van der Waals surface area contributed by atoms with Gasteiger partial charge in [0.05, 0.1) is 11.0 Å². The molecule has 6 heteroatoms. The highest BCUT2D eigenvalue weighted by Gasteiger charge is 2.22. The third kappa shape index (κ3) is 5.37. The van der Waals surface area contributed by atoms with E-state index in [1.54, 1.807) is 0 Å². The Morgan fingerprint density at radius 1 is 1.10 bits per heavy atom. The largest absolute Gasteiger partial charge is 0.492 e. The highest BCUT2D eigenvalue weighted by Crippen LogP contribution is 2.30. The second kappa shape index (κ2) is 10.0. The van der Waals surface area contributed by atoms with Crippen LogP contribution in [-0.4, -0.2) is 42.0 Å². The predicted molar refractivity (Wildman–Crippen MR) is 124 cm³/mol. The number of carbonyl (C=O) groups excluding carboxylic acids is 1. The van der Waals surface area contributed by atoms with E-state index >= 15 is 0 Å². The molecule has 158 valence electrons. The number of thiocarbonyl (C=S) groups is 1. The number of amides is 1. The molecule has 1 unspecified atom stereocenters. The summed E-state index contributed by atoms with van der Waals surface area (Å²) in [5.41, 5.74) is 2.51. The highest BCUT2D eigenvalue weighted by molar-refractivity contribution is 7.80. The summed E-state index contributed by atoms with van der Waals surface area (Å²) >= 11 is 5.27. The van der Waals surface area contributed by atoms with Crippen molar-refractivity contribution >= 4 is 28.8 Å². The number of likely N-dealkylation sites (tertiary alicyclic amines) is 1. The number of nitrogens with one attached hydrogen (secondary N) is 2. The zero-order valence-corrected chi connectivity index (χ0v) is 18.0. The smallest absolute Gasteiger partial charge is 0.255 e. The molecule has 0 aromatic heterocycles. The average molecular weight is 424 g/mol. The van der Waals surface area contributed by atoms with Crippen molar-refractivity contribution in [3.63, 3.8) is 0 Å². The zero-order valence-electron chi connectivity index (χ0n) is 17.2. The Balaban J connectivity index is 1.32. The zero-order chi connectivity index (χ0) is 20.8. The van der Waals surface area contributed by atoms with E-state index in [2.05, 4.69) is 15.5 Å². The van der Waals surface area contributed by atoms with Crippen molar-refractivity contribution in [2.45, 2.75) is 38.1 Å². The average Bonchev–Trinajstić information content (AvgIpc) is 3.21. The number of nitrogens with zero attached hydrogens (tertiary/aromatic N) is 1. The van der Waals surface area contributed by atoms with Gasteiger partial charge < -0.3 is 15.4 Å². The molecule has 1 amide bonds. The number of carbonyl (C=O) groups is 1. The first-order chi connectivity index (χ1) is 14.7. The fourth-order valence-corrected chi connectivity index (χ4v) is 4.39. The maximum Gasteiger partial charge on any atom is 0.255 e.